The number of nitriles is 1. The average Bonchev–Trinajstić information content (AvgIpc) is 2.35. The van der Waals surface area contributed by atoms with Crippen molar-refractivity contribution < 1.29 is 8.42 Å². The lowest BCUT2D eigenvalue weighted by atomic mass is 10.4. The third-order valence-electron chi connectivity index (χ3n) is 1.81. The van der Waals surface area contributed by atoms with E-state index in [0.29, 0.717) is 5.88 Å². The Morgan fingerprint density at radius 3 is 2.76 bits per heavy atom. The molecular weight excluding hydrogens is 262 g/mol. The lowest BCUT2D eigenvalue weighted by molar-refractivity contribution is 0.585. The summed E-state index contributed by atoms with van der Waals surface area (Å²) in [5.74, 6) is 0.333. The quantitative estimate of drug-likeness (QED) is 0.640. The van der Waals surface area contributed by atoms with Crippen molar-refractivity contribution in [3.05, 3.63) is 36.2 Å². The van der Waals surface area contributed by atoms with Gasteiger partial charge in [0.25, 0.3) is 0 Å². The van der Waals surface area contributed by atoms with Gasteiger partial charge in [-0.25, -0.2) is 18.1 Å². The Kier molecular flexibility index (Phi) is 5.10. The fraction of sp³-hybridized carbons (Fsp3) is 0.200. The topological polar surface area (TPSA) is 82.8 Å². The van der Waals surface area contributed by atoms with Crippen molar-refractivity contribution in [1.82, 2.24) is 9.71 Å². The zero-order valence-electron chi connectivity index (χ0n) is 8.80. The Bertz CT molecular complexity index is 532. The van der Waals surface area contributed by atoms with E-state index in [4.69, 9.17) is 16.9 Å². The van der Waals surface area contributed by atoms with Crippen LogP contribution in [-0.4, -0.2) is 25.8 Å². The van der Waals surface area contributed by atoms with Gasteiger partial charge in [0.05, 0.1) is 0 Å². The van der Waals surface area contributed by atoms with Gasteiger partial charge in [0, 0.05) is 18.6 Å². The largest absolute Gasteiger partial charge is 0.244 e. The SMILES string of the molecule is N#Cc1ccc(S(=O)(=O)NC/C=C/CCl)cn1. The average molecular weight is 272 g/mol. The molecule has 1 rings (SSSR count). The van der Waals surface area contributed by atoms with Gasteiger partial charge in [0.15, 0.2) is 0 Å². The Morgan fingerprint density at radius 1 is 1.47 bits per heavy atom. The van der Waals surface area contributed by atoms with Gasteiger partial charge in [-0.2, -0.15) is 5.26 Å². The van der Waals surface area contributed by atoms with Crippen LogP contribution in [0, 0.1) is 11.3 Å². The minimum absolute atomic E-state index is 0.0239. The van der Waals surface area contributed by atoms with E-state index < -0.39 is 10.0 Å². The summed E-state index contributed by atoms with van der Waals surface area (Å²) in [7, 11) is -3.58. The highest BCUT2D eigenvalue weighted by molar-refractivity contribution is 7.89. The first-order chi connectivity index (χ1) is 8.10. The summed E-state index contributed by atoms with van der Waals surface area (Å²) in [6.07, 6.45) is 4.40. The number of rotatable bonds is 5. The second-order valence-electron chi connectivity index (χ2n) is 2.97. The van der Waals surface area contributed by atoms with Gasteiger partial charge in [-0.3, -0.25) is 0 Å². The van der Waals surface area contributed by atoms with E-state index in [0.717, 1.165) is 6.20 Å². The minimum atomic E-state index is -3.58. The number of hydrogen-bond donors (Lipinski definition) is 1. The molecule has 0 spiro atoms. The molecule has 0 fully saturated rings. The number of pyridine rings is 1. The van der Waals surface area contributed by atoms with E-state index in [-0.39, 0.29) is 17.1 Å². The van der Waals surface area contributed by atoms with E-state index in [1.807, 2.05) is 6.07 Å². The van der Waals surface area contributed by atoms with Crippen molar-refractivity contribution in [1.29, 1.82) is 5.26 Å². The summed E-state index contributed by atoms with van der Waals surface area (Å²) in [6.45, 7) is 0.162. The molecular formula is C10H10ClN3O2S. The number of nitrogens with one attached hydrogen (secondary N) is 1. The molecule has 17 heavy (non-hydrogen) atoms. The van der Waals surface area contributed by atoms with Crippen LogP contribution < -0.4 is 4.72 Å². The molecule has 0 atom stereocenters. The third kappa shape index (κ3) is 4.15. The highest BCUT2D eigenvalue weighted by Crippen LogP contribution is 2.06. The zero-order chi connectivity index (χ0) is 12.7. The molecule has 5 nitrogen and oxygen atoms in total. The molecule has 0 aromatic carbocycles. The van der Waals surface area contributed by atoms with Crippen molar-refractivity contribution in [3.8, 4) is 6.07 Å². The van der Waals surface area contributed by atoms with Crippen molar-refractivity contribution in [2.75, 3.05) is 12.4 Å². The standard InChI is InChI=1S/C10H10ClN3O2S/c11-5-1-2-6-14-17(15,16)10-4-3-9(7-12)13-8-10/h1-4,8,14H,5-6H2/b2-1+. The Balaban J connectivity index is 2.76. The summed E-state index contributed by atoms with van der Waals surface area (Å²) >= 11 is 5.40. The van der Waals surface area contributed by atoms with Gasteiger partial charge in [-0.15, -0.1) is 11.6 Å². The molecule has 7 heteroatoms. The van der Waals surface area contributed by atoms with Crippen LogP contribution in [0.4, 0.5) is 0 Å². The Morgan fingerprint density at radius 2 is 2.24 bits per heavy atom. The van der Waals surface area contributed by atoms with Gasteiger partial charge >= 0.3 is 0 Å². The van der Waals surface area contributed by atoms with Crippen LogP contribution >= 0.6 is 11.6 Å². The predicted molar refractivity (Wildman–Crippen MR) is 64.0 cm³/mol. The van der Waals surface area contributed by atoms with Crippen molar-refractivity contribution in [2.45, 2.75) is 4.90 Å². The fourth-order valence-corrected chi connectivity index (χ4v) is 2.04. The van der Waals surface area contributed by atoms with Gasteiger partial charge in [0.1, 0.15) is 16.7 Å². The first-order valence-electron chi connectivity index (χ1n) is 4.67. The Hall–Kier alpha value is -1.42. The Labute approximate surface area is 105 Å². The van der Waals surface area contributed by atoms with E-state index in [1.165, 1.54) is 12.1 Å². The van der Waals surface area contributed by atoms with Gasteiger partial charge in [-0.1, -0.05) is 12.2 Å². The van der Waals surface area contributed by atoms with Crippen LogP contribution in [-0.2, 0) is 10.0 Å². The molecule has 0 radical (unpaired) electrons. The number of halogens is 1. The van der Waals surface area contributed by atoms with Crippen LogP contribution in [0.15, 0.2) is 35.4 Å². The number of hydrogen-bond acceptors (Lipinski definition) is 4. The molecule has 0 saturated carbocycles. The second kappa shape index (κ2) is 6.35. The highest BCUT2D eigenvalue weighted by Gasteiger charge is 2.12. The summed E-state index contributed by atoms with van der Waals surface area (Å²) in [5, 5.41) is 8.53. The summed E-state index contributed by atoms with van der Waals surface area (Å²) < 4.78 is 25.7. The molecule has 1 heterocycles. The molecule has 0 aliphatic carbocycles. The van der Waals surface area contributed by atoms with Crippen LogP contribution in [0.5, 0.6) is 0 Å². The van der Waals surface area contributed by atoms with Crippen LogP contribution in [0.3, 0.4) is 0 Å². The molecule has 0 aliphatic rings. The predicted octanol–water partition coefficient (Wildman–Crippen LogP) is 1.03. The minimum Gasteiger partial charge on any atom is -0.244 e. The van der Waals surface area contributed by atoms with E-state index in [2.05, 4.69) is 9.71 Å². The van der Waals surface area contributed by atoms with Crippen molar-refractivity contribution in [2.24, 2.45) is 0 Å². The second-order valence-corrected chi connectivity index (χ2v) is 5.04. The summed E-state index contributed by atoms with van der Waals surface area (Å²) in [6, 6.07) is 4.50. The molecule has 0 amide bonds. The fourth-order valence-electron chi connectivity index (χ4n) is 0.993. The number of allylic oxidation sites excluding steroid dienone is 1. The molecule has 90 valence electrons. The van der Waals surface area contributed by atoms with E-state index >= 15 is 0 Å². The number of nitrogens with zero attached hydrogens (tertiary/aromatic N) is 2. The molecule has 1 aromatic rings. The summed E-state index contributed by atoms with van der Waals surface area (Å²) in [5.41, 5.74) is 0.172. The molecule has 1 aromatic heterocycles. The van der Waals surface area contributed by atoms with E-state index in [9.17, 15) is 8.42 Å². The maximum Gasteiger partial charge on any atom is 0.242 e. The van der Waals surface area contributed by atoms with Gasteiger partial charge in [-0.05, 0) is 12.1 Å². The number of sulfonamides is 1. The summed E-state index contributed by atoms with van der Waals surface area (Å²) in [4.78, 5) is 3.71. The molecule has 0 bridgehead atoms. The third-order valence-corrected chi connectivity index (χ3v) is 3.40. The van der Waals surface area contributed by atoms with Crippen LogP contribution in [0.2, 0.25) is 0 Å². The smallest absolute Gasteiger partial charge is 0.242 e. The lowest BCUT2D eigenvalue weighted by Gasteiger charge is -2.03. The van der Waals surface area contributed by atoms with Crippen LogP contribution in [0.25, 0.3) is 0 Å². The van der Waals surface area contributed by atoms with Crippen molar-refractivity contribution in [3.63, 3.8) is 0 Å². The van der Waals surface area contributed by atoms with Crippen LogP contribution in [0.1, 0.15) is 5.69 Å². The van der Waals surface area contributed by atoms with E-state index in [1.54, 1.807) is 12.2 Å². The first kappa shape index (κ1) is 13.6. The molecule has 0 saturated heterocycles. The lowest BCUT2D eigenvalue weighted by Crippen LogP contribution is -2.23. The van der Waals surface area contributed by atoms with Crippen molar-refractivity contribution >= 4 is 21.6 Å². The number of aromatic nitrogens is 1. The monoisotopic (exact) mass is 271 g/mol. The number of alkyl halides is 1. The maximum absolute atomic E-state index is 11.7. The van der Waals surface area contributed by atoms with Gasteiger partial charge in [0.2, 0.25) is 10.0 Å². The normalized spacial score (nSPS) is 11.5. The zero-order valence-corrected chi connectivity index (χ0v) is 10.4. The highest BCUT2D eigenvalue weighted by atomic mass is 35.5. The maximum atomic E-state index is 11.7. The van der Waals surface area contributed by atoms with Gasteiger partial charge < -0.3 is 0 Å². The molecule has 0 unspecified atom stereocenters. The first-order valence-corrected chi connectivity index (χ1v) is 6.68. The molecule has 0 aliphatic heterocycles. The molecule has 1 N–H and O–H groups in total.